The number of amides is 2. The number of rotatable bonds is 2. The second-order valence-electron chi connectivity index (χ2n) is 5.02. The van der Waals surface area contributed by atoms with Gasteiger partial charge in [-0.3, -0.25) is 0 Å². The summed E-state index contributed by atoms with van der Waals surface area (Å²) in [5, 5.41) is 5.79. The lowest BCUT2D eigenvalue weighted by Gasteiger charge is -2.29. The minimum atomic E-state index is -0.166. The van der Waals surface area contributed by atoms with Gasteiger partial charge in [-0.25, -0.2) is 4.79 Å². The second-order valence-corrected chi connectivity index (χ2v) is 5.02. The molecule has 1 aromatic carbocycles. The molecule has 1 saturated carbocycles. The molecule has 0 aliphatic heterocycles. The van der Waals surface area contributed by atoms with Crippen LogP contribution in [0.5, 0.6) is 0 Å². The van der Waals surface area contributed by atoms with E-state index in [1.165, 1.54) is 12.0 Å². The second kappa shape index (κ2) is 5.87. The van der Waals surface area contributed by atoms with Gasteiger partial charge in [0.2, 0.25) is 0 Å². The minimum Gasteiger partial charge on any atom is -0.334 e. The number of carbonyl (C=O) groups is 1. The Bertz CT molecular complexity index is 402. The van der Waals surface area contributed by atoms with Gasteiger partial charge in [-0.1, -0.05) is 30.5 Å². The van der Waals surface area contributed by atoms with Crippen LogP contribution in [0, 0.1) is 6.92 Å². The van der Waals surface area contributed by atoms with E-state index in [0.717, 1.165) is 24.9 Å². The summed E-state index contributed by atoms with van der Waals surface area (Å²) in [6.07, 6.45) is 4.28. The van der Waals surface area contributed by atoms with Crippen LogP contribution < -0.4 is 16.4 Å². The largest absolute Gasteiger partial charge is 0.334 e. The third-order valence-electron chi connectivity index (χ3n) is 3.45. The smallest absolute Gasteiger partial charge is 0.319 e. The molecule has 2 rings (SSSR count). The molecule has 0 aromatic heterocycles. The number of nitrogens with two attached hydrogens (primary N) is 1. The van der Waals surface area contributed by atoms with Crippen LogP contribution in [-0.2, 0) is 0 Å². The predicted octanol–water partition coefficient (Wildman–Crippen LogP) is 2.39. The summed E-state index contributed by atoms with van der Waals surface area (Å²) in [4.78, 5) is 11.8. The number of benzene rings is 1. The quantitative estimate of drug-likeness (QED) is 0.751. The molecule has 4 heteroatoms. The summed E-state index contributed by atoms with van der Waals surface area (Å²) >= 11 is 0. The average Bonchev–Trinajstić information content (AvgIpc) is 2.35. The van der Waals surface area contributed by atoms with Crippen LogP contribution >= 0.6 is 0 Å². The van der Waals surface area contributed by atoms with E-state index in [9.17, 15) is 4.79 Å². The van der Waals surface area contributed by atoms with Crippen LogP contribution in [0.2, 0.25) is 0 Å². The highest BCUT2D eigenvalue weighted by molar-refractivity contribution is 5.89. The Morgan fingerprint density at radius 1 is 1.22 bits per heavy atom. The van der Waals surface area contributed by atoms with E-state index in [2.05, 4.69) is 10.6 Å². The highest BCUT2D eigenvalue weighted by Crippen LogP contribution is 2.17. The fourth-order valence-electron chi connectivity index (χ4n) is 2.31. The minimum absolute atomic E-state index is 0.0857. The van der Waals surface area contributed by atoms with Crippen molar-refractivity contribution >= 4 is 11.7 Å². The van der Waals surface area contributed by atoms with E-state index >= 15 is 0 Å². The molecule has 0 radical (unpaired) electrons. The summed E-state index contributed by atoms with van der Waals surface area (Å²) < 4.78 is 0. The molecule has 1 aliphatic rings. The van der Waals surface area contributed by atoms with Crippen molar-refractivity contribution in [3.63, 3.8) is 0 Å². The van der Waals surface area contributed by atoms with Crippen LogP contribution in [0.25, 0.3) is 0 Å². The third kappa shape index (κ3) is 3.47. The molecule has 0 bridgehead atoms. The Kier molecular flexibility index (Phi) is 4.20. The lowest BCUT2D eigenvalue weighted by Crippen LogP contribution is -2.50. The van der Waals surface area contributed by atoms with E-state index in [1.807, 2.05) is 31.2 Å². The molecule has 0 saturated heterocycles. The first kappa shape index (κ1) is 12.9. The summed E-state index contributed by atoms with van der Waals surface area (Å²) in [5.41, 5.74) is 7.98. The molecule has 1 fully saturated rings. The average molecular weight is 247 g/mol. The number of hydrogen-bond acceptors (Lipinski definition) is 2. The van der Waals surface area contributed by atoms with Gasteiger partial charge in [-0.15, -0.1) is 0 Å². The van der Waals surface area contributed by atoms with E-state index in [-0.39, 0.29) is 18.1 Å². The normalized spacial score (nSPS) is 23.4. The van der Waals surface area contributed by atoms with Crippen molar-refractivity contribution in [2.75, 3.05) is 5.32 Å². The van der Waals surface area contributed by atoms with Crippen LogP contribution in [0.1, 0.15) is 31.2 Å². The van der Waals surface area contributed by atoms with Crippen molar-refractivity contribution in [2.24, 2.45) is 5.73 Å². The number of aryl methyl sites for hydroxylation is 1. The topological polar surface area (TPSA) is 67.2 Å². The molecule has 0 spiro atoms. The molecular formula is C14H21N3O. The molecule has 2 amide bonds. The predicted molar refractivity (Wildman–Crippen MR) is 73.6 cm³/mol. The molecule has 0 heterocycles. The zero-order valence-electron chi connectivity index (χ0n) is 10.8. The van der Waals surface area contributed by atoms with Crippen molar-refractivity contribution in [3.05, 3.63) is 29.8 Å². The van der Waals surface area contributed by atoms with Gasteiger partial charge >= 0.3 is 6.03 Å². The Labute approximate surface area is 108 Å². The molecule has 98 valence electrons. The Balaban J connectivity index is 1.86. The number of hydrogen-bond donors (Lipinski definition) is 3. The zero-order chi connectivity index (χ0) is 13.0. The highest BCUT2D eigenvalue weighted by Gasteiger charge is 2.23. The lowest BCUT2D eigenvalue weighted by molar-refractivity contribution is 0.240. The first-order valence-electron chi connectivity index (χ1n) is 6.55. The zero-order valence-corrected chi connectivity index (χ0v) is 10.8. The monoisotopic (exact) mass is 247 g/mol. The van der Waals surface area contributed by atoms with Gasteiger partial charge in [0.15, 0.2) is 0 Å². The Morgan fingerprint density at radius 2 is 1.89 bits per heavy atom. The third-order valence-corrected chi connectivity index (χ3v) is 3.45. The van der Waals surface area contributed by atoms with E-state index in [1.54, 1.807) is 0 Å². The van der Waals surface area contributed by atoms with E-state index in [4.69, 9.17) is 5.73 Å². The van der Waals surface area contributed by atoms with Crippen LogP contribution in [-0.4, -0.2) is 18.1 Å². The van der Waals surface area contributed by atoms with Gasteiger partial charge in [-0.2, -0.15) is 0 Å². The summed E-state index contributed by atoms with van der Waals surface area (Å²) in [6, 6.07) is 7.77. The Hall–Kier alpha value is -1.55. The summed E-state index contributed by atoms with van der Waals surface area (Å²) in [5.74, 6) is 0. The number of carbonyl (C=O) groups excluding carboxylic acids is 1. The van der Waals surface area contributed by atoms with Crippen molar-refractivity contribution in [3.8, 4) is 0 Å². The summed E-state index contributed by atoms with van der Waals surface area (Å²) in [6.45, 7) is 2.02. The fraction of sp³-hybridized carbons (Fsp3) is 0.500. The van der Waals surface area contributed by atoms with Crippen LogP contribution in [0.15, 0.2) is 24.3 Å². The Morgan fingerprint density at radius 3 is 2.56 bits per heavy atom. The standard InChI is InChI=1S/C14H21N3O/c1-10-6-8-11(9-7-10)16-14(18)17-13-5-3-2-4-12(13)15/h6-9,12-13H,2-5,15H2,1H3,(H2,16,17,18). The van der Waals surface area contributed by atoms with Crippen molar-refractivity contribution in [2.45, 2.75) is 44.7 Å². The molecule has 4 nitrogen and oxygen atoms in total. The number of anilines is 1. The number of nitrogens with one attached hydrogen (secondary N) is 2. The first-order chi connectivity index (χ1) is 8.65. The van der Waals surface area contributed by atoms with Crippen LogP contribution in [0.4, 0.5) is 10.5 Å². The molecule has 4 N–H and O–H groups in total. The molecule has 2 atom stereocenters. The van der Waals surface area contributed by atoms with E-state index < -0.39 is 0 Å². The molecule has 1 aromatic rings. The van der Waals surface area contributed by atoms with Gasteiger partial charge < -0.3 is 16.4 Å². The van der Waals surface area contributed by atoms with Gasteiger partial charge in [0.1, 0.15) is 0 Å². The molecule has 2 unspecified atom stereocenters. The molecule has 18 heavy (non-hydrogen) atoms. The van der Waals surface area contributed by atoms with E-state index in [0.29, 0.717) is 0 Å². The van der Waals surface area contributed by atoms with Crippen molar-refractivity contribution in [1.82, 2.24) is 5.32 Å². The van der Waals surface area contributed by atoms with Crippen molar-refractivity contribution in [1.29, 1.82) is 0 Å². The number of urea groups is 1. The first-order valence-corrected chi connectivity index (χ1v) is 6.55. The lowest BCUT2D eigenvalue weighted by atomic mass is 9.91. The van der Waals surface area contributed by atoms with Gasteiger partial charge in [0.25, 0.3) is 0 Å². The SMILES string of the molecule is Cc1ccc(NC(=O)NC2CCCCC2N)cc1. The maximum Gasteiger partial charge on any atom is 0.319 e. The maximum absolute atomic E-state index is 11.8. The van der Waals surface area contributed by atoms with Gasteiger partial charge in [0, 0.05) is 17.8 Å². The fourth-order valence-corrected chi connectivity index (χ4v) is 2.31. The van der Waals surface area contributed by atoms with Gasteiger partial charge in [-0.05, 0) is 31.9 Å². The van der Waals surface area contributed by atoms with Crippen LogP contribution in [0.3, 0.4) is 0 Å². The molecular weight excluding hydrogens is 226 g/mol. The summed E-state index contributed by atoms with van der Waals surface area (Å²) in [7, 11) is 0. The maximum atomic E-state index is 11.8. The highest BCUT2D eigenvalue weighted by atomic mass is 16.2. The van der Waals surface area contributed by atoms with Gasteiger partial charge in [0.05, 0.1) is 0 Å². The molecule has 1 aliphatic carbocycles. The van der Waals surface area contributed by atoms with Crippen molar-refractivity contribution < 1.29 is 4.79 Å².